The molecule has 0 spiro atoms. The number of benzene rings is 2. The molecule has 2 heterocycles. The van der Waals surface area contributed by atoms with Gasteiger partial charge in [-0.15, -0.1) is 6.58 Å². The molecule has 2 aliphatic rings. The third kappa shape index (κ3) is 2.80. The quantitative estimate of drug-likeness (QED) is 0.820. The number of carboxylic acids is 1. The number of ether oxygens (including phenoxy) is 1. The minimum Gasteiger partial charge on any atom is -0.478 e. The SMILES string of the molecule is C=CCN1c2ccccc2C2OCCCC2C1c1ccc(C(=O)O)cc1. The summed E-state index contributed by atoms with van der Waals surface area (Å²) in [5.41, 5.74) is 3.88. The topological polar surface area (TPSA) is 49.8 Å². The molecule has 0 saturated carbocycles. The zero-order valence-electron chi connectivity index (χ0n) is 14.7. The first-order chi connectivity index (χ1) is 12.7. The van der Waals surface area contributed by atoms with E-state index in [1.165, 1.54) is 11.3 Å². The minimum absolute atomic E-state index is 0.0881. The molecule has 2 aromatic rings. The number of hydrogen-bond acceptors (Lipinski definition) is 3. The van der Waals surface area contributed by atoms with E-state index in [1.807, 2.05) is 18.2 Å². The van der Waals surface area contributed by atoms with Crippen molar-refractivity contribution in [3.8, 4) is 0 Å². The predicted octanol–water partition coefficient (Wildman–Crippen LogP) is 4.60. The fourth-order valence-corrected chi connectivity index (χ4v) is 4.42. The predicted molar refractivity (Wildman–Crippen MR) is 102 cm³/mol. The molecule has 2 aliphatic heterocycles. The van der Waals surface area contributed by atoms with E-state index in [0.29, 0.717) is 11.5 Å². The van der Waals surface area contributed by atoms with Crippen molar-refractivity contribution in [3.63, 3.8) is 0 Å². The van der Waals surface area contributed by atoms with Gasteiger partial charge >= 0.3 is 5.97 Å². The first-order valence-corrected chi connectivity index (χ1v) is 9.12. The molecule has 3 unspecified atom stereocenters. The van der Waals surface area contributed by atoms with Crippen LogP contribution in [0.15, 0.2) is 61.2 Å². The van der Waals surface area contributed by atoms with Crippen molar-refractivity contribution in [1.29, 1.82) is 0 Å². The second-order valence-electron chi connectivity index (χ2n) is 6.97. The molecule has 26 heavy (non-hydrogen) atoms. The van der Waals surface area contributed by atoms with E-state index in [4.69, 9.17) is 4.74 Å². The zero-order valence-corrected chi connectivity index (χ0v) is 14.7. The maximum Gasteiger partial charge on any atom is 0.335 e. The van der Waals surface area contributed by atoms with Crippen molar-refractivity contribution in [3.05, 3.63) is 77.9 Å². The number of rotatable bonds is 4. The van der Waals surface area contributed by atoms with Crippen LogP contribution in [0.1, 0.15) is 46.5 Å². The molecule has 0 amide bonds. The fraction of sp³-hybridized carbons (Fsp3) is 0.318. The van der Waals surface area contributed by atoms with Gasteiger partial charge in [-0.2, -0.15) is 0 Å². The smallest absolute Gasteiger partial charge is 0.335 e. The van der Waals surface area contributed by atoms with E-state index in [9.17, 15) is 9.90 Å². The van der Waals surface area contributed by atoms with Gasteiger partial charge < -0.3 is 14.7 Å². The lowest BCUT2D eigenvalue weighted by atomic mass is 9.76. The maximum absolute atomic E-state index is 11.2. The normalized spacial score (nSPS) is 24.5. The van der Waals surface area contributed by atoms with Crippen LogP contribution in [0.5, 0.6) is 0 Å². The van der Waals surface area contributed by atoms with Gasteiger partial charge in [-0.3, -0.25) is 0 Å². The Morgan fingerprint density at radius 1 is 1.23 bits per heavy atom. The average Bonchev–Trinajstić information content (AvgIpc) is 2.68. The van der Waals surface area contributed by atoms with E-state index in [0.717, 1.165) is 31.6 Å². The van der Waals surface area contributed by atoms with E-state index in [1.54, 1.807) is 12.1 Å². The Hall–Kier alpha value is -2.59. The molecule has 4 heteroatoms. The van der Waals surface area contributed by atoms with Crippen molar-refractivity contribution in [2.45, 2.75) is 25.0 Å². The van der Waals surface area contributed by atoms with Gasteiger partial charge in [-0.1, -0.05) is 36.4 Å². The summed E-state index contributed by atoms with van der Waals surface area (Å²) in [6, 6.07) is 15.9. The first-order valence-electron chi connectivity index (χ1n) is 9.12. The van der Waals surface area contributed by atoms with Crippen LogP contribution in [0.25, 0.3) is 0 Å². The lowest BCUT2D eigenvalue weighted by molar-refractivity contribution is -0.0424. The lowest BCUT2D eigenvalue weighted by Crippen LogP contribution is -2.43. The molecular weight excluding hydrogens is 326 g/mol. The molecule has 0 aliphatic carbocycles. The lowest BCUT2D eigenvalue weighted by Gasteiger charge is -2.49. The average molecular weight is 349 g/mol. The summed E-state index contributed by atoms with van der Waals surface area (Å²) in [7, 11) is 0. The van der Waals surface area contributed by atoms with Crippen LogP contribution < -0.4 is 4.90 Å². The molecule has 1 N–H and O–H groups in total. The number of nitrogens with zero attached hydrogens (tertiary/aromatic N) is 1. The highest BCUT2D eigenvalue weighted by Gasteiger charge is 2.43. The van der Waals surface area contributed by atoms with E-state index in [2.05, 4.69) is 35.7 Å². The summed E-state index contributed by atoms with van der Waals surface area (Å²) in [5.74, 6) is -0.554. The van der Waals surface area contributed by atoms with Crippen LogP contribution in [-0.2, 0) is 4.74 Å². The highest BCUT2D eigenvalue weighted by atomic mass is 16.5. The molecular formula is C22H23NO3. The van der Waals surface area contributed by atoms with Gasteiger partial charge in [0.1, 0.15) is 0 Å². The van der Waals surface area contributed by atoms with Crippen molar-refractivity contribution in [2.75, 3.05) is 18.1 Å². The standard InChI is InChI=1S/C22H23NO3/c1-2-13-23-19-8-4-3-6-17(19)21-18(7-5-14-26-21)20(23)15-9-11-16(12-10-15)22(24)25/h2-4,6,8-12,18,20-21H,1,5,7,13-14H2,(H,24,25). The molecule has 1 fully saturated rings. The number of carboxylic acid groups (broad SMARTS) is 1. The highest BCUT2D eigenvalue weighted by molar-refractivity contribution is 5.87. The Balaban J connectivity index is 1.82. The van der Waals surface area contributed by atoms with Crippen LogP contribution in [0.3, 0.4) is 0 Å². The molecule has 0 radical (unpaired) electrons. The van der Waals surface area contributed by atoms with Gasteiger partial charge in [0.2, 0.25) is 0 Å². The monoisotopic (exact) mass is 349 g/mol. The van der Waals surface area contributed by atoms with E-state index >= 15 is 0 Å². The third-order valence-electron chi connectivity index (χ3n) is 5.49. The maximum atomic E-state index is 11.2. The van der Waals surface area contributed by atoms with Crippen LogP contribution in [0.4, 0.5) is 5.69 Å². The number of hydrogen-bond donors (Lipinski definition) is 1. The Morgan fingerprint density at radius 3 is 2.73 bits per heavy atom. The molecule has 2 aromatic carbocycles. The van der Waals surface area contributed by atoms with Crippen molar-refractivity contribution in [1.82, 2.24) is 0 Å². The summed E-state index contributed by atoms with van der Waals surface area (Å²) in [6.07, 6.45) is 4.16. The Labute approximate surface area is 153 Å². The van der Waals surface area contributed by atoms with Gasteiger partial charge in [0, 0.05) is 30.3 Å². The number of aromatic carboxylic acids is 1. The van der Waals surface area contributed by atoms with Crippen molar-refractivity contribution >= 4 is 11.7 Å². The highest BCUT2D eigenvalue weighted by Crippen LogP contribution is 2.52. The number of para-hydroxylation sites is 1. The molecule has 4 nitrogen and oxygen atoms in total. The summed E-state index contributed by atoms with van der Waals surface area (Å²) in [6.45, 7) is 5.48. The first kappa shape index (κ1) is 16.9. The summed E-state index contributed by atoms with van der Waals surface area (Å²) in [4.78, 5) is 13.6. The fourth-order valence-electron chi connectivity index (χ4n) is 4.42. The molecule has 0 bridgehead atoms. The second kappa shape index (κ2) is 6.96. The largest absolute Gasteiger partial charge is 0.478 e. The Morgan fingerprint density at radius 2 is 2.00 bits per heavy atom. The van der Waals surface area contributed by atoms with Gasteiger partial charge in [0.05, 0.1) is 17.7 Å². The van der Waals surface area contributed by atoms with Crippen molar-refractivity contribution in [2.24, 2.45) is 5.92 Å². The molecule has 0 aromatic heterocycles. The van der Waals surface area contributed by atoms with Gasteiger partial charge in [-0.25, -0.2) is 4.79 Å². The number of fused-ring (bicyclic) bond motifs is 3. The summed E-state index contributed by atoms with van der Waals surface area (Å²) < 4.78 is 6.20. The van der Waals surface area contributed by atoms with Gasteiger partial charge in [0.25, 0.3) is 0 Å². The van der Waals surface area contributed by atoms with Gasteiger partial charge in [0.15, 0.2) is 0 Å². The molecule has 134 valence electrons. The Kier molecular flexibility index (Phi) is 4.51. The summed E-state index contributed by atoms with van der Waals surface area (Å²) >= 11 is 0. The van der Waals surface area contributed by atoms with Crippen LogP contribution >= 0.6 is 0 Å². The minimum atomic E-state index is -0.896. The number of anilines is 1. The molecule has 3 atom stereocenters. The second-order valence-corrected chi connectivity index (χ2v) is 6.97. The van der Waals surface area contributed by atoms with Crippen LogP contribution in [0.2, 0.25) is 0 Å². The van der Waals surface area contributed by atoms with Gasteiger partial charge in [-0.05, 0) is 36.6 Å². The molecule has 1 saturated heterocycles. The summed E-state index contributed by atoms with van der Waals surface area (Å²) in [5, 5.41) is 9.20. The van der Waals surface area contributed by atoms with E-state index < -0.39 is 5.97 Å². The van der Waals surface area contributed by atoms with Crippen LogP contribution in [-0.4, -0.2) is 24.2 Å². The zero-order chi connectivity index (χ0) is 18.1. The number of carbonyl (C=O) groups is 1. The third-order valence-corrected chi connectivity index (χ3v) is 5.49. The van der Waals surface area contributed by atoms with Crippen molar-refractivity contribution < 1.29 is 14.6 Å². The molecule has 4 rings (SSSR count). The van der Waals surface area contributed by atoms with E-state index in [-0.39, 0.29) is 12.1 Å². The van der Waals surface area contributed by atoms with Crippen LogP contribution in [0, 0.1) is 5.92 Å². The Bertz CT molecular complexity index is 814.